The van der Waals surface area contributed by atoms with E-state index in [4.69, 9.17) is 35.4 Å². The minimum atomic E-state index is 0.547. The lowest BCUT2D eigenvalue weighted by Gasteiger charge is -2.12. The largest absolute Gasteiger partial charge is 0.362 e. The summed E-state index contributed by atoms with van der Waals surface area (Å²) in [5.74, 6) is 0.558. The van der Waals surface area contributed by atoms with E-state index in [9.17, 15) is 0 Å². The molecular weight excluding hydrogens is 347 g/mol. The number of anilines is 1. The second kappa shape index (κ2) is 8.53. The van der Waals surface area contributed by atoms with Crippen molar-refractivity contribution < 1.29 is 0 Å². The van der Waals surface area contributed by atoms with Gasteiger partial charge in [0.1, 0.15) is 0 Å². The first-order chi connectivity index (χ1) is 11.0. The molecule has 2 aromatic rings. The van der Waals surface area contributed by atoms with Crippen LogP contribution in [0.3, 0.4) is 0 Å². The Labute approximate surface area is 153 Å². The van der Waals surface area contributed by atoms with Crippen LogP contribution in [-0.2, 0) is 6.42 Å². The van der Waals surface area contributed by atoms with E-state index < -0.39 is 0 Å². The van der Waals surface area contributed by atoms with Gasteiger partial charge in [-0.05, 0) is 53.9 Å². The molecule has 0 aliphatic carbocycles. The SMILES string of the molecule is CC(C)c1ccc(CCNC(=S)Nc2ccc(Cl)cc2Cl)cc1. The van der Waals surface area contributed by atoms with Crippen molar-refractivity contribution in [3.63, 3.8) is 0 Å². The van der Waals surface area contributed by atoms with Crippen LogP contribution < -0.4 is 10.6 Å². The van der Waals surface area contributed by atoms with Gasteiger partial charge in [-0.3, -0.25) is 0 Å². The van der Waals surface area contributed by atoms with Crippen LogP contribution in [0, 0.1) is 0 Å². The number of rotatable bonds is 5. The molecule has 0 heterocycles. The third-order valence-electron chi connectivity index (χ3n) is 3.52. The number of benzene rings is 2. The van der Waals surface area contributed by atoms with Crippen LogP contribution in [0.25, 0.3) is 0 Å². The van der Waals surface area contributed by atoms with Crippen molar-refractivity contribution in [1.29, 1.82) is 0 Å². The Morgan fingerprint density at radius 1 is 1.09 bits per heavy atom. The Balaban J connectivity index is 1.80. The summed E-state index contributed by atoms with van der Waals surface area (Å²) in [6.07, 6.45) is 0.911. The summed E-state index contributed by atoms with van der Waals surface area (Å²) in [5.41, 5.74) is 3.39. The Hall–Kier alpha value is -1.29. The zero-order valence-electron chi connectivity index (χ0n) is 13.2. The maximum Gasteiger partial charge on any atom is 0.170 e. The van der Waals surface area contributed by atoms with E-state index in [0.717, 1.165) is 18.7 Å². The van der Waals surface area contributed by atoms with Crippen molar-refractivity contribution in [2.24, 2.45) is 0 Å². The second-order valence-corrected chi connectivity index (χ2v) is 6.90. The quantitative estimate of drug-likeness (QED) is 0.668. The van der Waals surface area contributed by atoms with E-state index in [1.807, 2.05) is 6.07 Å². The number of halogens is 2. The van der Waals surface area contributed by atoms with Gasteiger partial charge in [0.15, 0.2) is 5.11 Å². The van der Waals surface area contributed by atoms with Crippen LogP contribution in [-0.4, -0.2) is 11.7 Å². The van der Waals surface area contributed by atoms with Crippen molar-refractivity contribution in [3.8, 4) is 0 Å². The van der Waals surface area contributed by atoms with E-state index in [-0.39, 0.29) is 0 Å². The topological polar surface area (TPSA) is 24.1 Å². The molecule has 0 fully saturated rings. The normalized spacial score (nSPS) is 10.7. The molecular formula is C18H20Cl2N2S. The predicted molar refractivity (Wildman–Crippen MR) is 105 cm³/mol. The van der Waals surface area contributed by atoms with Crippen molar-refractivity contribution in [3.05, 3.63) is 63.6 Å². The fourth-order valence-corrected chi connectivity index (χ4v) is 2.81. The molecule has 0 aliphatic rings. The smallest absolute Gasteiger partial charge is 0.170 e. The highest BCUT2D eigenvalue weighted by molar-refractivity contribution is 7.80. The van der Waals surface area contributed by atoms with Gasteiger partial charge in [0.25, 0.3) is 0 Å². The molecule has 0 amide bonds. The first-order valence-corrected chi connectivity index (χ1v) is 8.71. The summed E-state index contributed by atoms with van der Waals surface area (Å²) in [5, 5.41) is 7.96. The first kappa shape index (κ1) is 18.1. The molecule has 0 bridgehead atoms. The van der Waals surface area contributed by atoms with E-state index >= 15 is 0 Å². The standard InChI is InChI=1S/C18H20Cl2N2S/c1-12(2)14-5-3-13(4-6-14)9-10-21-18(23)22-17-8-7-15(19)11-16(17)20/h3-8,11-12H,9-10H2,1-2H3,(H2,21,22,23). The summed E-state index contributed by atoms with van der Waals surface area (Å²) in [6.45, 7) is 5.16. The molecule has 0 unspecified atom stereocenters. The summed E-state index contributed by atoms with van der Waals surface area (Å²) in [6, 6.07) is 14.0. The highest BCUT2D eigenvalue weighted by Gasteiger charge is 2.04. The molecule has 0 spiro atoms. The Morgan fingerprint density at radius 3 is 2.39 bits per heavy atom. The molecule has 23 heavy (non-hydrogen) atoms. The minimum Gasteiger partial charge on any atom is -0.362 e. The molecule has 2 nitrogen and oxygen atoms in total. The molecule has 0 saturated heterocycles. The number of hydrogen-bond acceptors (Lipinski definition) is 1. The molecule has 2 rings (SSSR count). The molecule has 5 heteroatoms. The Morgan fingerprint density at radius 2 is 1.78 bits per heavy atom. The maximum atomic E-state index is 6.11. The average Bonchev–Trinajstić information content (AvgIpc) is 2.50. The zero-order valence-corrected chi connectivity index (χ0v) is 15.5. The van der Waals surface area contributed by atoms with Crippen molar-refractivity contribution >= 4 is 46.2 Å². The van der Waals surface area contributed by atoms with Crippen LogP contribution in [0.2, 0.25) is 10.0 Å². The maximum absolute atomic E-state index is 6.11. The van der Waals surface area contributed by atoms with Gasteiger partial charge in [0.05, 0.1) is 10.7 Å². The lowest BCUT2D eigenvalue weighted by atomic mass is 10.0. The van der Waals surface area contributed by atoms with Crippen molar-refractivity contribution in [2.45, 2.75) is 26.2 Å². The molecule has 0 aromatic heterocycles. The first-order valence-electron chi connectivity index (χ1n) is 7.54. The van der Waals surface area contributed by atoms with Gasteiger partial charge in [0.2, 0.25) is 0 Å². The van der Waals surface area contributed by atoms with Crippen molar-refractivity contribution in [1.82, 2.24) is 5.32 Å². The van der Waals surface area contributed by atoms with Crippen LogP contribution in [0.15, 0.2) is 42.5 Å². The average molecular weight is 367 g/mol. The van der Waals surface area contributed by atoms with Gasteiger partial charge in [-0.25, -0.2) is 0 Å². The van der Waals surface area contributed by atoms with Gasteiger partial charge < -0.3 is 10.6 Å². The zero-order chi connectivity index (χ0) is 16.8. The van der Waals surface area contributed by atoms with Gasteiger partial charge >= 0.3 is 0 Å². The van der Waals surface area contributed by atoms with Gasteiger partial charge in [-0.15, -0.1) is 0 Å². The number of nitrogens with one attached hydrogen (secondary N) is 2. The lowest BCUT2D eigenvalue weighted by Crippen LogP contribution is -2.30. The molecule has 0 saturated carbocycles. The van der Waals surface area contributed by atoms with Gasteiger partial charge in [-0.2, -0.15) is 0 Å². The van der Waals surface area contributed by atoms with E-state index in [0.29, 0.717) is 21.1 Å². The van der Waals surface area contributed by atoms with Crippen molar-refractivity contribution in [2.75, 3.05) is 11.9 Å². The molecule has 0 atom stereocenters. The van der Waals surface area contributed by atoms with Crippen LogP contribution >= 0.6 is 35.4 Å². The molecule has 122 valence electrons. The Kier molecular flexibility index (Phi) is 6.70. The monoisotopic (exact) mass is 366 g/mol. The van der Waals surface area contributed by atoms with E-state index in [1.54, 1.807) is 12.1 Å². The van der Waals surface area contributed by atoms with E-state index in [1.165, 1.54) is 11.1 Å². The lowest BCUT2D eigenvalue weighted by molar-refractivity contribution is 0.853. The third-order valence-corrected chi connectivity index (χ3v) is 4.32. The third kappa shape index (κ3) is 5.69. The molecule has 0 aliphatic heterocycles. The molecule has 0 radical (unpaired) electrons. The highest BCUT2D eigenvalue weighted by atomic mass is 35.5. The summed E-state index contributed by atoms with van der Waals surface area (Å²) < 4.78 is 0. The van der Waals surface area contributed by atoms with Crippen LogP contribution in [0.1, 0.15) is 30.9 Å². The molecule has 2 aromatic carbocycles. The van der Waals surface area contributed by atoms with Gasteiger partial charge in [-0.1, -0.05) is 61.3 Å². The van der Waals surface area contributed by atoms with Crippen LogP contribution in [0.4, 0.5) is 5.69 Å². The number of thiocarbonyl (C=S) groups is 1. The Bertz CT molecular complexity index is 669. The minimum absolute atomic E-state index is 0.547. The predicted octanol–water partition coefficient (Wildman–Crippen LogP) is 5.65. The van der Waals surface area contributed by atoms with E-state index in [2.05, 4.69) is 48.7 Å². The summed E-state index contributed by atoms with van der Waals surface area (Å²) in [4.78, 5) is 0. The second-order valence-electron chi connectivity index (χ2n) is 5.65. The van der Waals surface area contributed by atoms with Gasteiger partial charge in [0, 0.05) is 11.6 Å². The fourth-order valence-electron chi connectivity index (χ4n) is 2.15. The highest BCUT2D eigenvalue weighted by Crippen LogP contribution is 2.25. The van der Waals surface area contributed by atoms with Crippen LogP contribution in [0.5, 0.6) is 0 Å². The number of hydrogen-bond donors (Lipinski definition) is 2. The molecule has 2 N–H and O–H groups in total. The summed E-state index contributed by atoms with van der Waals surface area (Å²) >= 11 is 17.3. The summed E-state index contributed by atoms with van der Waals surface area (Å²) in [7, 11) is 0. The fraction of sp³-hybridized carbons (Fsp3) is 0.278.